The van der Waals surface area contributed by atoms with Gasteiger partial charge < -0.3 is 5.32 Å². The van der Waals surface area contributed by atoms with Gasteiger partial charge in [0, 0.05) is 11.6 Å². The van der Waals surface area contributed by atoms with Crippen molar-refractivity contribution in [1.29, 1.82) is 0 Å². The SMILES string of the molecule is O=C(CSc1n[nH]c2nc3ccccc3n12)NCCc1cccc(Cl)c1. The predicted octanol–water partition coefficient (Wildman–Crippen LogP) is 3.32. The van der Waals surface area contributed by atoms with E-state index in [0.29, 0.717) is 23.1 Å². The molecule has 4 rings (SSSR count). The Morgan fingerprint density at radius 2 is 2.12 bits per heavy atom. The minimum Gasteiger partial charge on any atom is -0.355 e. The molecule has 0 radical (unpaired) electrons. The summed E-state index contributed by atoms with van der Waals surface area (Å²) in [4.78, 5) is 16.6. The standard InChI is InChI=1S/C18H16ClN5OS/c19-13-5-3-4-12(10-13)8-9-20-16(25)11-26-18-23-22-17-21-14-6-1-2-7-15(14)24(17)18/h1-7,10H,8-9,11H2,(H,20,25)(H,21,22). The summed E-state index contributed by atoms with van der Waals surface area (Å²) in [5, 5.41) is 11.5. The maximum atomic E-state index is 12.1. The zero-order valence-electron chi connectivity index (χ0n) is 13.8. The van der Waals surface area contributed by atoms with Gasteiger partial charge in [-0.15, -0.1) is 5.10 Å². The normalized spacial score (nSPS) is 11.3. The van der Waals surface area contributed by atoms with Crippen LogP contribution in [0.4, 0.5) is 0 Å². The van der Waals surface area contributed by atoms with E-state index in [4.69, 9.17) is 11.6 Å². The van der Waals surface area contributed by atoms with Crippen molar-refractivity contribution >= 4 is 46.1 Å². The van der Waals surface area contributed by atoms with Crippen molar-refractivity contribution in [2.24, 2.45) is 0 Å². The summed E-state index contributed by atoms with van der Waals surface area (Å²) in [7, 11) is 0. The Morgan fingerprint density at radius 3 is 3.00 bits per heavy atom. The van der Waals surface area contributed by atoms with E-state index >= 15 is 0 Å². The average molecular weight is 386 g/mol. The minimum atomic E-state index is -0.0300. The molecule has 8 heteroatoms. The summed E-state index contributed by atoms with van der Waals surface area (Å²) in [6.45, 7) is 0.573. The van der Waals surface area contributed by atoms with Crippen molar-refractivity contribution in [3.8, 4) is 0 Å². The van der Waals surface area contributed by atoms with Crippen LogP contribution in [-0.4, -0.2) is 37.8 Å². The first kappa shape index (κ1) is 16.9. The second-order valence-corrected chi connectivity index (χ2v) is 7.16. The Morgan fingerprint density at radius 1 is 1.23 bits per heavy atom. The number of H-pyrrole nitrogens is 1. The number of fused-ring (bicyclic) bond motifs is 3. The Labute approximate surface area is 159 Å². The molecule has 0 aliphatic heterocycles. The van der Waals surface area contributed by atoms with Gasteiger partial charge in [-0.05, 0) is 36.2 Å². The van der Waals surface area contributed by atoms with Gasteiger partial charge in [0.2, 0.25) is 11.7 Å². The lowest BCUT2D eigenvalue weighted by atomic mass is 10.1. The van der Waals surface area contributed by atoms with Gasteiger partial charge in [-0.1, -0.05) is 47.6 Å². The Kier molecular flexibility index (Phi) is 4.81. The molecule has 4 aromatic rings. The molecule has 0 unspecified atom stereocenters. The van der Waals surface area contributed by atoms with E-state index in [1.807, 2.05) is 52.9 Å². The topological polar surface area (TPSA) is 75.1 Å². The van der Waals surface area contributed by atoms with Gasteiger partial charge in [-0.25, -0.2) is 10.1 Å². The molecule has 26 heavy (non-hydrogen) atoms. The lowest BCUT2D eigenvalue weighted by Gasteiger charge is -2.05. The van der Waals surface area contributed by atoms with E-state index in [0.717, 1.165) is 28.2 Å². The average Bonchev–Trinajstić information content (AvgIpc) is 3.19. The first-order valence-corrected chi connectivity index (χ1v) is 9.52. The Balaban J connectivity index is 1.35. The van der Waals surface area contributed by atoms with Crippen LogP contribution in [0.2, 0.25) is 5.02 Å². The third kappa shape index (κ3) is 3.54. The number of halogens is 1. The number of nitrogens with one attached hydrogen (secondary N) is 2. The number of aromatic amines is 1. The second-order valence-electron chi connectivity index (χ2n) is 5.78. The van der Waals surface area contributed by atoms with Crippen LogP contribution in [0.25, 0.3) is 16.8 Å². The van der Waals surface area contributed by atoms with E-state index in [9.17, 15) is 4.79 Å². The second kappa shape index (κ2) is 7.39. The number of rotatable bonds is 6. The summed E-state index contributed by atoms with van der Waals surface area (Å²) >= 11 is 7.35. The van der Waals surface area contributed by atoms with E-state index in [1.54, 1.807) is 0 Å². The van der Waals surface area contributed by atoms with E-state index < -0.39 is 0 Å². The molecule has 0 aliphatic carbocycles. The van der Waals surface area contributed by atoms with Crippen LogP contribution in [0.1, 0.15) is 5.56 Å². The minimum absolute atomic E-state index is 0.0300. The number of imidazole rings is 1. The molecular weight excluding hydrogens is 370 g/mol. The zero-order valence-corrected chi connectivity index (χ0v) is 15.3. The Hall–Kier alpha value is -2.51. The lowest BCUT2D eigenvalue weighted by Crippen LogP contribution is -2.27. The van der Waals surface area contributed by atoms with Crippen LogP contribution in [0.3, 0.4) is 0 Å². The summed E-state index contributed by atoms with van der Waals surface area (Å²) in [6, 6.07) is 15.5. The highest BCUT2D eigenvalue weighted by Crippen LogP contribution is 2.22. The van der Waals surface area contributed by atoms with E-state index in [1.165, 1.54) is 11.8 Å². The number of hydrogen-bond donors (Lipinski definition) is 2. The molecule has 2 heterocycles. The fraction of sp³-hybridized carbons (Fsp3) is 0.167. The Bertz CT molecular complexity index is 1070. The molecule has 2 aromatic heterocycles. The maximum Gasteiger partial charge on any atom is 0.231 e. The molecule has 0 saturated heterocycles. The molecule has 2 aromatic carbocycles. The third-order valence-corrected chi connectivity index (χ3v) is 5.13. The van der Waals surface area contributed by atoms with Crippen LogP contribution >= 0.6 is 23.4 Å². The van der Waals surface area contributed by atoms with Gasteiger partial charge in [0.15, 0.2) is 5.16 Å². The van der Waals surface area contributed by atoms with Gasteiger partial charge in [-0.2, -0.15) is 0 Å². The van der Waals surface area contributed by atoms with Crippen molar-refractivity contribution in [1.82, 2.24) is 24.9 Å². The molecule has 132 valence electrons. The molecule has 0 aliphatic rings. The number of aromatic nitrogens is 4. The van der Waals surface area contributed by atoms with Crippen molar-refractivity contribution < 1.29 is 4.79 Å². The van der Waals surface area contributed by atoms with Gasteiger partial charge in [0.25, 0.3) is 0 Å². The number of hydrogen-bond acceptors (Lipinski definition) is 4. The lowest BCUT2D eigenvalue weighted by molar-refractivity contribution is -0.118. The predicted molar refractivity (Wildman–Crippen MR) is 104 cm³/mol. The number of carbonyl (C=O) groups is 1. The van der Waals surface area contributed by atoms with E-state index in [-0.39, 0.29) is 5.91 Å². The fourth-order valence-corrected chi connectivity index (χ4v) is 3.76. The first-order valence-electron chi connectivity index (χ1n) is 8.16. The largest absolute Gasteiger partial charge is 0.355 e. The van der Waals surface area contributed by atoms with E-state index in [2.05, 4.69) is 20.5 Å². The summed E-state index contributed by atoms with van der Waals surface area (Å²) in [6.07, 6.45) is 0.746. The van der Waals surface area contributed by atoms with Crippen LogP contribution in [0, 0.1) is 0 Å². The van der Waals surface area contributed by atoms with Crippen molar-refractivity contribution in [3.05, 3.63) is 59.1 Å². The fourth-order valence-electron chi connectivity index (χ4n) is 2.76. The van der Waals surface area contributed by atoms with Crippen LogP contribution in [-0.2, 0) is 11.2 Å². The quantitative estimate of drug-likeness (QED) is 0.499. The van der Waals surface area contributed by atoms with Gasteiger partial charge in [-0.3, -0.25) is 9.20 Å². The smallest absolute Gasteiger partial charge is 0.231 e. The number of nitrogens with zero attached hydrogens (tertiary/aromatic N) is 3. The summed E-state index contributed by atoms with van der Waals surface area (Å²) in [5.74, 6) is 0.940. The monoisotopic (exact) mass is 385 g/mol. The molecule has 0 saturated carbocycles. The van der Waals surface area contributed by atoms with Crippen LogP contribution < -0.4 is 5.32 Å². The maximum absolute atomic E-state index is 12.1. The molecule has 0 bridgehead atoms. The molecule has 0 fully saturated rings. The van der Waals surface area contributed by atoms with Crippen molar-refractivity contribution in [2.75, 3.05) is 12.3 Å². The third-order valence-electron chi connectivity index (χ3n) is 3.96. The highest BCUT2D eigenvalue weighted by Gasteiger charge is 2.13. The highest BCUT2D eigenvalue weighted by molar-refractivity contribution is 7.99. The van der Waals surface area contributed by atoms with Crippen LogP contribution in [0.5, 0.6) is 0 Å². The van der Waals surface area contributed by atoms with Crippen molar-refractivity contribution in [2.45, 2.75) is 11.6 Å². The first-order chi connectivity index (χ1) is 12.7. The number of carbonyl (C=O) groups excluding carboxylic acids is 1. The molecule has 2 N–H and O–H groups in total. The molecule has 0 spiro atoms. The number of benzene rings is 2. The number of thioether (sulfide) groups is 1. The van der Waals surface area contributed by atoms with Gasteiger partial charge in [0.1, 0.15) is 0 Å². The zero-order chi connectivity index (χ0) is 17.9. The molecule has 0 atom stereocenters. The summed E-state index contributed by atoms with van der Waals surface area (Å²) in [5.41, 5.74) is 2.97. The highest BCUT2D eigenvalue weighted by atomic mass is 35.5. The molecule has 1 amide bonds. The number of para-hydroxylation sites is 2. The van der Waals surface area contributed by atoms with Gasteiger partial charge >= 0.3 is 0 Å². The number of amides is 1. The van der Waals surface area contributed by atoms with Crippen LogP contribution in [0.15, 0.2) is 53.7 Å². The molecular formula is C18H16ClN5OS. The molecule has 6 nitrogen and oxygen atoms in total. The summed E-state index contributed by atoms with van der Waals surface area (Å²) < 4.78 is 1.93. The van der Waals surface area contributed by atoms with Gasteiger partial charge in [0.05, 0.1) is 16.8 Å². The van der Waals surface area contributed by atoms with Crippen molar-refractivity contribution in [3.63, 3.8) is 0 Å².